The van der Waals surface area contributed by atoms with Gasteiger partial charge in [-0.05, 0) is 38.1 Å². The highest BCUT2D eigenvalue weighted by atomic mass is 32.2. The number of thioether (sulfide) groups is 1. The van der Waals surface area contributed by atoms with E-state index in [4.69, 9.17) is 14.2 Å². The smallest absolute Gasteiger partial charge is 0.407 e. The molecule has 160 valence electrons. The van der Waals surface area contributed by atoms with E-state index in [0.29, 0.717) is 11.5 Å². The summed E-state index contributed by atoms with van der Waals surface area (Å²) >= 11 is 1.59. The summed E-state index contributed by atoms with van der Waals surface area (Å²) in [5, 5.41) is 2.57. The van der Waals surface area contributed by atoms with Crippen molar-refractivity contribution in [3.8, 4) is 5.75 Å². The van der Waals surface area contributed by atoms with E-state index in [0.717, 1.165) is 16.5 Å². The third-order valence-corrected chi connectivity index (χ3v) is 5.11. The molecule has 2 aromatic rings. The molecule has 0 spiro atoms. The van der Waals surface area contributed by atoms with Crippen LogP contribution in [0.15, 0.2) is 66.1 Å². The lowest BCUT2D eigenvalue weighted by Crippen LogP contribution is -2.35. The van der Waals surface area contributed by atoms with E-state index in [1.165, 1.54) is 5.56 Å². The number of benzene rings is 2. The van der Waals surface area contributed by atoms with Crippen LogP contribution in [0.25, 0.3) is 0 Å². The van der Waals surface area contributed by atoms with E-state index < -0.39 is 18.2 Å². The lowest BCUT2D eigenvalue weighted by Gasteiger charge is -2.19. The molecule has 1 unspecified atom stereocenters. The van der Waals surface area contributed by atoms with Crippen LogP contribution < -0.4 is 10.1 Å². The molecule has 0 radical (unpaired) electrons. The lowest BCUT2D eigenvalue weighted by atomic mass is 10.2. The van der Waals surface area contributed by atoms with Gasteiger partial charge in [0.05, 0.1) is 6.54 Å². The topological polar surface area (TPSA) is 73.9 Å². The van der Waals surface area contributed by atoms with Gasteiger partial charge in [-0.1, -0.05) is 42.0 Å². The van der Waals surface area contributed by atoms with Crippen LogP contribution >= 0.6 is 11.8 Å². The Kier molecular flexibility index (Phi) is 9.80. The Morgan fingerprint density at radius 1 is 1.07 bits per heavy atom. The summed E-state index contributed by atoms with van der Waals surface area (Å²) < 4.78 is 16.1. The number of rotatable bonds is 11. The van der Waals surface area contributed by atoms with Crippen molar-refractivity contribution in [1.82, 2.24) is 5.32 Å². The van der Waals surface area contributed by atoms with Gasteiger partial charge in [0, 0.05) is 16.7 Å². The van der Waals surface area contributed by atoms with E-state index in [1.807, 2.05) is 62.4 Å². The van der Waals surface area contributed by atoms with Gasteiger partial charge in [0.2, 0.25) is 0 Å². The first-order chi connectivity index (χ1) is 14.5. The third kappa shape index (κ3) is 9.05. The molecule has 0 heterocycles. The van der Waals surface area contributed by atoms with Crippen LogP contribution in [0.5, 0.6) is 5.75 Å². The Balaban J connectivity index is 1.87. The Morgan fingerprint density at radius 3 is 2.33 bits per heavy atom. The average Bonchev–Trinajstić information content (AvgIpc) is 2.75. The lowest BCUT2D eigenvalue weighted by molar-refractivity contribution is -0.137. The predicted molar refractivity (Wildman–Crippen MR) is 118 cm³/mol. The Labute approximate surface area is 181 Å². The number of hydrogen-bond acceptors (Lipinski definition) is 6. The molecule has 1 N–H and O–H groups in total. The minimum atomic E-state index is -0.591. The van der Waals surface area contributed by atoms with Crippen LogP contribution in [-0.2, 0) is 14.3 Å². The zero-order chi connectivity index (χ0) is 21.8. The number of aryl methyl sites for hydroxylation is 2. The Morgan fingerprint density at radius 2 is 1.70 bits per heavy atom. The zero-order valence-electron chi connectivity index (χ0n) is 17.3. The molecule has 0 fully saturated rings. The summed E-state index contributed by atoms with van der Waals surface area (Å²) in [7, 11) is 0. The molecule has 0 aliphatic rings. The number of ether oxygens (including phenoxy) is 3. The molecule has 2 rings (SSSR count). The number of carbonyl (C=O) groups is 2. The molecule has 6 nitrogen and oxygen atoms in total. The minimum absolute atomic E-state index is 0.0442. The molecule has 1 amide bonds. The van der Waals surface area contributed by atoms with Gasteiger partial charge in [-0.25, -0.2) is 9.59 Å². The summed E-state index contributed by atoms with van der Waals surface area (Å²) in [6, 6.07) is 15.8. The van der Waals surface area contributed by atoms with Crippen LogP contribution in [0.4, 0.5) is 4.79 Å². The van der Waals surface area contributed by atoms with Crippen LogP contribution in [0.3, 0.4) is 0 Å². The molecule has 2 aromatic carbocycles. The molecule has 0 aliphatic carbocycles. The zero-order valence-corrected chi connectivity index (χ0v) is 18.1. The van der Waals surface area contributed by atoms with Crippen molar-refractivity contribution < 1.29 is 23.8 Å². The van der Waals surface area contributed by atoms with Crippen molar-refractivity contribution >= 4 is 23.8 Å². The van der Waals surface area contributed by atoms with E-state index >= 15 is 0 Å². The fraction of sp³-hybridized carbons (Fsp3) is 0.304. The van der Waals surface area contributed by atoms with Gasteiger partial charge in [-0.3, -0.25) is 0 Å². The molecular weight excluding hydrogens is 402 g/mol. The summed E-state index contributed by atoms with van der Waals surface area (Å²) in [6.45, 7) is 7.77. The van der Waals surface area contributed by atoms with Gasteiger partial charge < -0.3 is 19.5 Å². The summed E-state index contributed by atoms with van der Waals surface area (Å²) in [5.74, 6) is 0.712. The number of alkyl carbamates (subject to hydrolysis) is 1. The van der Waals surface area contributed by atoms with Crippen molar-refractivity contribution in [2.75, 3.05) is 25.5 Å². The van der Waals surface area contributed by atoms with Crippen LogP contribution in [0.2, 0.25) is 0 Å². The standard InChI is InChI=1S/C23H27NO5S/c1-4-22(25)27-14-13-24-23(26)29-20(15-28-19-9-5-17(2)6-10-19)16-30-21-11-7-18(3)8-12-21/h4-12,20H,1,13-16H2,2-3H3,(H,24,26). The van der Waals surface area contributed by atoms with Gasteiger partial charge in [0.1, 0.15) is 25.1 Å². The van der Waals surface area contributed by atoms with Crippen molar-refractivity contribution in [2.24, 2.45) is 0 Å². The number of nitrogens with one attached hydrogen (secondary N) is 1. The SMILES string of the molecule is C=CC(=O)OCCNC(=O)OC(COc1ccc(C)cc1)CSc1ccc(C)cc1. The molecule has 30 heavy (non-hydrogen) atoms. The Bertz CT molecular complexity index is 771. The van der Waals surface area contributed by atoms with E-state index in [-0.39, 0.29) is 19.8 Å². The fourth-order valence-corrected chi connectivity index (χ4v) is 3.19. The van der Waals surface area contributed by atoms with E-state index in [9.17, 15) is 9.59 Å². The van der Waals surface area contributed by atoms with Gasteiger partial charge in [-0.15, -0.1) is 11.8 Å². The number of esters is 1. The van der Waals surface area contributed by atoms with Gasteiger partial charge >= 0.3 is 12.1 Å². The first-order valence-corrected chi connectivity index (χ1v) is 10.6. The molecule has 7 heteroatoms. The van der Waals surface area contributed by atoms with Crippen molar-refractivity contribution in [2.45, 2.75) is 24.8 Å². The molecule has 0 aromatic heterocycles. The van der Waals surface area contributed by atoms with Crippen molar-refractivity contribution in [3.05, 3.63) is 72.3 Å². The molecule has 0 saturated heterocycles. The van der Waals surface area contributed by atoms with E-state index in [2.05, 4.69) is 11.9 Å². The quantitative estimate of drug-likeness (QED) is 0.248. The second-order valence-electron chi connectivity index (χ2n) is 6.57. The third-order valence-electron chi connectivity index (χ3n) is 3.97. The van der Waals surface area contributed by atoms with Crippen LogP contribution in [0.1, 0.15) is 11.1 Å². The molecule has 1 atom stereocenters. The first-order valence-electron chi connectivity index (χ1n) is 9.59. The van der Waals surface area contributed by atoms with Crippen molar-refractivity contribution in [3.63, 3.8) is 0 Å². The summed E-state index contributed by atoms with van der Waals surface area (Å²) in [4.78, 5) is 24.2. The number of amides is 1. The summed E-state index contributed by atoms with van der Waals surface area (Å²) in [5.41, 5.74) is 2.33. The minimum Gasteiger partial charge on any atom is -0.490 e. The van der Waals surface area contributed by atoms with Gasteiger partial charge in [-0.2, -0.15) is 0 Å². The van der Waals surface area contributed by atoms with Gasteiger partial charge in [0.15, 0.2) is 0 Å². The maximum Gasteiger partial charge on any atom is 0.407 e. The maximum atomic E-state index is 12.1. The normalized spacial score (nSPS) is 11.3. The van der Waals surface area contributed by atoms with Crippen LogP contribution in [0, 0.1) is 13.8 Å². The number of carbonyl (C=O) groups excluding carboxylic acids is 2. The average molecular weight is 430 g/mol. The largest absolute Gasteiger partial charge is 0.490 e. The van der Waals surface area contributed by atoms with Crippen molar-refractivity contribution in [1.29, 1.82) is 0 Å². The molecule has 0 bridgehead atoms. The van der Waals surface area contributed by atoms with Crippen LogP contribution in [-0.4, -0.2) is 43.7 Å². The summed E-state index contributed by atoms with van der Waals surface area (Å²) in [6.07, 6.45) is 0.0130. The van der Waals surface area contributed by atoms with Gasteiger partial charge in [0.25, 0.3) is 0 Å². The van der Waals surface area contributed by atoms with E-state index in [1.54, 1.807) is 11.8 Å². The highest BCUT2D eigenvalue weighted by molar-refractivity contribution is 7.99. The maximum absolute atomic E-state index is 12.1. The predicted octanol–water partition coefficient (Wildman–Crippen LogP) is 4.30. The molecule has 0 saturated carbocycles. The second kappa shape index (κ2) is 12.6. The fourth-order valence-electron chi connectivity index (χ4n) is 2.32. The monoisotopic (exact) mass is 429 g/mol. The first kappa shape index (κ1) is 23.3. The molecule has 0 aliphatic heterocycles. The number of hydrogen-bond donors (Lipinski definition) is 1. The second-order valence-corrected chi connectivity index (χ2v) is 7.67. The highest BCUT2D eigenvalue weighted by Crippen LogP contribution is 2.21. The Hall–Kier alpha value is -2.93. The highest BCUT2D eigenvalue weighted by Gasteiger charge is 2.16. The molecular formula is C23H27NO5S.